The van der Waals surface area contributed by atoms with Crippen LogP contribution in [0.15, 0.2) is 18.2 Å². The van der Waals surface area contributed by atoms with Gasteiger partial charge in [0.05, 0.1) is 0 Å². The van der Waals surface area contributed by atoms with Crippen molar-refractivity contribution in [3.8, 4) is 11.8 Å². The molecule has 112 valence electrons. The van der Waals surface area contributed by atoms with E-state index in [0.717, 1.165) is 5.56 Å². The van der Waals surface area contributed by atoms with Crippen molar-refractivity contribution in [2.75, 3.05) is 13.2 Å². The van der Waals surface area contributed by atoms with E-state index in [9.17, 15) is 9.59 Å². The van der Waals surface area contributed by atoms with Crippen LogP contribution >= 0.6 is 0 Å². The van der Waals surface area contributed by atoms with Gasteiger partial charge < -0.3 is 15.7 Å². The van der Waals surface area contributed by atoms with Crippen molar-refractivity contribution in [1.82, 2.24) is 10.6 Å². The third-order valence-corrected chi connectivity index (χ3v) is 2.89. The number of hydrogen-bond donors (Lipinski definition) is 3. The molecular formula is C16H20N2O3. The van der Waals surface area contributed by atoms with Crippen molar-refractivity contribution in [3.63, 3.8) is 0 Å². The first kappa shape index (κ1) is 16.7. The molecular weight excluding hydrogens is 268 g/mol. The zero-order valence-electron chi connectivity index (χ0n) is 12.5. The third-order valence-electron chi connectivity index (χ3n) is 2.89. The van der Waals surface area contributed by atoms with Gasteiger partial charge in [0.15, 0.2) is 0 Å². The van der Waals surface area contributed by atoms with Crippen molar-refractivity contribution < 1.29 is 14.7 Å². The van der Waals surface area contributed by atoms with E-state index < -0.39 is 6.04 Å². The number of nitrogens with one attached hydrogen (secondary N) is 2. The van der Waals surface area contributed by atoms with Crippen LogP contribution in [0.2, 0.25) is 0 Å². The molecule has 3 N–H and O–H groups in total. The number of benzene rings is 1. The Morgan fingerprint density at radius 3 is 2.71 bits per heavy atom. The Kier molecular flexibility index (Phi) is 6.44. The topological polar surface area (TPSA) is 78.4 Å². The molecule has 1 aromatic carbocycles. The maximum absolute atomic E-state index is 12.2. The Balaban J connectivity index is 2.89. The molecule has 0 fully saturated rings. The lowest BCUT2D eigenvalue weighted by atomic mass is 10.0. The van der Waals surface area contributed by atoms with Crippen LogP contribution in [0.25, 0.3) is 0 Å². The number of rotatable bonds is 4. The summed E-state index contributed by atoms with van der Waals surface area (Å²) in [4.78, 5) is 23.8. The number of aryl methyl sites for hydroxylation is 1. The van der Waals surface area contributed by atoms with Gasteiger partial charge in [-0.15, -0.1) is 0 Å². The molecule has 1 aromatic rings. The maximum atomic E-state index is 12.2. The molecule has 0 heterocycles. The van der Waals surface area contributed by atoms with E-state index >= 15 is 0 Å². The lowest BCUT2D eigenvalue weighted by Crippen LogP contribution is -2.44. The van der Waals surface area contributed by atoms with Crippen LogP contribution in [-0.2, 0) is 4.79 Å². The number of amides is 2. The third kappa shape index (κ3) is 4.93. The second kappa shape index (κ2) is 8.08. The SMILES string of the molecule is CCNC(=O)C(C)NC(=O)c1cc(C#CCO)ccc1C. The van der Waals surface area contributed by atoms with E-state index in [0.29, 0.717) is 17.7 Å². The van der Waals surface area contributed by atoms with Gasteiger partial charge in [-0.3, -0.25) is 9.59 Å². The molecule has 1 atom stereocenters. The number of carbonyl (C=O) groups excluding carboxylic acids is 2. The minimum atomic E-state index is -0.607. The van der Waals surface area contributed by atoms with E-state index in [1.807, 2.05) is 13.8 Å². The molecule has 1 unspecified atom stereocenters. The summed E-state index contributed by atoms with van der Waals surface area (Å²) in [6.45, 7) is 5.55. The van der Waals surface area contributed by atoms with Crippen molar-refractivity contribution in [2.45, 2.75) is 26.8 Å². The van der Waals surface area contributed by atoms with Crippen LogP contribution < -0.4 is 10.6 Å². The molecule has 0 saturated heterocycles. The number of aliphatic hydroxyl groups excluding tert-OH is 1. The quantitative estimate of drug-likeness (QED) is 0.710. The van der Waals surface area contributed by atoms with Gasteiger partial charge in [0, 0.05) is 17.7 Å². The van der Waals surface area contributed by atoms with Gasteiger partial charge in [-0.25, -0.2) is 0 Å². The monoisotopic (exact) mass is 288 g/mol. The second-order valence-electron chi connectivity index (χ2n) is 4.58. The summed E-state index contributed by atoms with van der Waals surface area (Å²) in [6, 6.07) is 4.61. The van der Waals surface area contributed by atoms with E-state index in [-0.39, 0.29) is 18.4 Å². The van der Waals surface area contributed by atoms with Gasteiger partial charge in [-0.2, -0.15) is 0 Å². The molecule has 0 aromatic heterocycles. The molecule has 0 aliphatic carbocycles. The summed E-state index contributed by atoms with van der Waals surface area (Å²) in [5.74, 6) is 4.75. The van der Waals surface area contributed by atoms with Gasteiger partial charge in [0.2, 0.25) is 5.91 Å². The van der Waals surface area contributed by atoms with Crippen molar-refractivity contribution in [3.05, 3.63) is 34.9 Å². The van der Waals surface area contributed by atoms with Crippen LogP contribution in [0.4, 0.5) is 0 Å². The smallest absolute Gasteiger partial charge is 0.252 e. The number of hydrogen-bond acceptors (Lipinski definition) is 3. The summed E-state index contributed by atoms with van der Waals surface area (Å²) in [5, 5.41) is 14.0. The summed E-state index contributed by atoms with van der Waals surface area (Å²) < 4.78 is 0. The van der Waals surface area contributed by atoms with Crippen molar-refractivity contribution in [2.24, 2.45) is 0 Å². The maximum Gasteiger partial charge on any atom is 0.252 e. The molecule has 5 heteroatoms. The normalized spacial score (nSPS) is 11.0. The minimum absolute atomic E-state index is 0.222. The summed E-state index contributed by atoms with van der Waals surface area (Å²) >= 11 is 0. The standard InChI is InChI=1S/C16H20N2O3/c1-4-17-15(20)12(3)18-16(21)14-10-13(6-5-9-19)8-7-11(14)2/h7-8,10,12,19H,4,9H2,1-3H3,(H,17,20)(H,18,21). The highest BCUT2D eigenvalue weighted by atomic mass is 16.2. The fourth-order valence-electron chi connectivity index (χ4n) is 1.75. The summed E-state index contributed by atoms with van der Waals surface area (Å²) in [7, 11) is 0. The highest BCUT2D eigenvalue weighted by Crippen LogP contribution is 2.11. The minimum Gasteiger partial charge on any atom is -0.384 e. The Morgan fingerprint density at radius 1 is 1.38 bits per heavy atom. The first-order chi connectivity index (χ1) is 9.99. The lowest BCUT2D eigenvalue weighted by Gasteiger charge is -2.14. The fourth-order valence-corrected chi connectivity index (χ4v) is 1.75. The molecule has 0 radical (unpaired) electrons. The predicted octanol–water partition coefficient (Wildman–Crippen LogP) is 0.593. The fraction of sp³-hybridized carbons (Fsp3) is 0.375. The predicted molar refractivity (Wildman–Crippen MR) is 80.8 cm³/mol. The van der Waals surface area contributed by atoms with Crippen LogP contribution in [0.3, 0.4) is 0 Å². The molecule has 0 aliphatic heterocycles. The van der Waals surface area contributed by atoms with Crippen LogP contribution in [-0.4, -0.2) is 36.1 Å². The first-order valence-corrected chi connectivity index (χ1v) is 6.78. The molecule has 5 nitrogen and oxygen atoms in total. The Labute approximate surface area is 124 Å². The van der Waals surface area contributed by atoms with Crippen molar-refractivity contribution >= 4 is 11.8 Å². The molecule has 1 rings (SSSR count). The molecule has 0 aliphatic rings. The Hall–Kier alpha value is -2.32. The van der Waals surface area contributed by atoms with Gasteiger partial charge >= 0.3 is 0 Å². The largest absolute Gasteiger partial charge is 0.384 e. The van der Waals surface area contributed by atoms with Crippen molar-refractivity contribution in [1.29, 1.82) is 0 Å². The van der Waals surface area contributed by atoms with E-state index in [1.165, 1.54) is 0 Å². The van der Waals surface area contributed by atoms with Gasteiger partial charge in [0.25, 0.3) is 5.91 Å². The zero-order chi connectivity index (χ0) is 15.8. The van der Waals surface area contributed by atoms with Crippen LogP contribution in [0.1, 0.15) is 35.3 Å². The van der Waals surface area contributed by atoms with E-state index in [2.05, 4.69) is 22.5 Å². The second-order valence-corrected chi connectivity index (χ2v) is 4.58. The average molecular weight is 288 g/mol. The van der Waals surface area contributed by atoms with E-state index in [4.69, 9.17) is 5.11 Å². The molecule has 0 bridgehead atoms. The summed E-state index contributed by atoms with van der Waals surface area (Å²) in [6.07, 6.45) is 0. The van der Waals surface area contributed by atoms with Gasteiger partial charge in [-0.1, -0.05) is 17.9 Å². The lowest BCUT2D eigenvalue weighted by molar-refractivity contribution is -0.122. The average Bonchev–Trinajstić information content (AvgIpc) is 2.46. The number of carbonyl (C=O) groups is 2. The molecule has 21 heavy (non-hydrogen) atoms. The number of likely N-dealkylation sites (N-methyl/N-ethyl adjacent to an activating group) is 1. The first-order valence-electron chi connectivity index (χ1n) is 6.78. The van der Waals surface area contributed by atoms with Gasteiger partial charge in [0.1, 0.15) is 12.6 Å². The molecule has 0 saturated carbocycles. The molecule has 0 spiro atoms. The van der Waals surface area contributed by atoms with Gasteiger partial charge in [-0.05, 0) is 38.5 Å². The van der Waals surface area contributed by atoms with E-state index in [1.54, 1.807) is 25.1 Å². The van der Waals surface area contributed by atoms with Crippen LogP contribution in [0, 0.1) is 18.8 Å². The zero-order valence-corrected chi connectivity index (χ0v) is 12.5. The number of aliphatic hydroxyl groups is 1. The Morgan fingerprint density at radius 2 is 2.10 bits per heavy atom. The summed E-state index contributed by atoms with van der Waals surface area (Å²) in [5.41, 5.74) is 1.91. The highest BCUT2D eigenvalue weighted by Gasteiger charge is 2.17. The highest BCUT2D eigenvalue weighted by molar-refractivity contribution is 5.98. The van der Waals surface area contributed by atoms with Crippen LogP contribution in [0.5, 0.6) is 0 Å². The molecule has 2 amide bonds. The Bertz CT molecular complexity index is 585.